The number of thiazole rings is 1. The van der Waals surface area contributed by atoms with Gasteiger partial charge in [-0.25, -0.2) is 4.98 Å². The molecule has 1 atom stereocenters. The van der Waals surface area contributed by atoms with E-state index in [1.54, 1.807) is 11.3 Å². The highest BCUT2D eigenvalue weighted by Gasteiger charge is 2.23. The van der Waals surface area contributed by atoms with Crippen molar-refractivity contribution in [1.82, 2.24) is 15.6 Å². The van der Waals surface area contributed by atoms with Crippen LogP contribution in [0.15, 0.2) is 34.6 Å². The topological polar surface area (TPSA) is 52.6 Å². The van der Waals surface area contributed by atoms with Crippen molar-refractivity contribution in [3.05, 3.63) is 45.9 Å². The molecule has 1 aliphatic rings. The van der Waals surface area contributed by atoms with E-state index in [0.29, 0.717) is 18.5 Å². The van der Waals surface area contributed by atoms with Gasteiger partial charge in [-0.1, -0.05) is 31.5 Å². The van der Waals surface area contributed by atoms with Crippen molar-refractivity contribution in [1.29, 1.82) is 0 Å². The molecule has 0 amide bonds. The van der Waals surface area contributed by atoms with Gasteiger partial charge in [0.25, 0.3) is 0 Å². The Morgan fingerprint density at radius 1 is 1.33 bits per heavy atom. The van der Waals surface area contributed by atoms with Crippen LogP contribution in [-0.4, -0.2) is 37.1 Å². The summed E-state index contributed by atoms with van der Waals surface area (Å²) in [4.78, 5) is 11.5. The molecule has 2 aromatic rings. The second-order valence-corrected chi connectivity index (χ2v) is 8.06. The van der Waals surface area contributed by atoms with Gasteiger partial charge in [0.1, 0.15) is 0 Å². The third kappa shape index (κ3) is 6.07. The van der Waals surface area contributed by atoms with Gasteiger partial charge in [-0.05, 0) is 25.5 Å². The maximum atomic E-state index is 4.67. The summed E-state index contributed by atoms with van der Waals surface area (Å²) in [5, 5.41) is 10.3. The summed E-state index contributed by atoms with van der Waals surface area (Å²) < 4.78 is 0. The second-order valence-electron chi connectivity index (χ2n) is 7.17. The SMILES string of the molecule is CN=C(NCc1csc(C(C)C)n1)NC1CCN(c2ccc(C)cc2)C1.I. The molecule has 1 saturated heterocycles. The highest BCUT2D eigenvalue weighted by molar-refractivity contribution is 14.0. The monoisotopic (exact) mass is 499 g/mol. The number of aromatic nitrogens is 1. The number of nitrogens with one attached hydrogen (secondary N) is 2. The number of hydrogen-bond donors (Lipinski definition) is 2. The Morgan fingerprint density at radius 2 is 2.07 bits per heavy atom. The van der Waals surface area contributed by atoms with E-state index in [9.17, 15) is 0 Å². The Bertz CT molecular complexity index is 741. The summed E-state index contributed by atoms with van der Waals surface area (Å²) in [5.74, 6) is 1.33. The van der Waals surface area contributed by atoms with Gasteiger partial charge in [0.05, 0.1) is 17.2 Å². The predicted octanol–water partition coefficient (Wildman–Crippen LogP) is 4.14. The molecular weight excluding hydrogens is 469 g/mol. The number of hydrogen-bond acceptors (Lipinski definition) is 4. The van der Waals surface area contributed by atoms with Crippen molar-refractivity contribution in [3.63, 3.8) is 0 Å². The average Bonchev–Trinajstić information content (AvgIpc) is 3.29. The van der Waals surface area contributed by atoms with Gasteiger partial charge in [-0.15, -0.1) is 35.3 Å². The zero-order chi connectivity index (χ0) is 18.5. The van der Waals surface area contributed by atoms with E-state index in [0.717, 1.165) is 31.2 Å². The third-order valence-corrected chi connectivity index (χ3v) is 5.85. The number of halogens is 1. The van der Waals surface area contributed by atoms with E-state index in [4.69, 9.17) is 0 Å². The number of anilines is 1. The quantitative estimate of drug-likeness (QED) is 0.369. The maximum Gasteiger partial charge on any atom is 0.191 e. The molecule has 148 valence electrons. The van der Waals surface area contributed by atoms with Crippen LogP contribution in [0.3, 0.4) is 0 Å². The highest BCUT2D eigenvalue weighted by Crippen LogP contribution is 2.21. The van der Waals surface area contributed by atoms with Gasteiger partial charge in [-0.2, -0.15) is 0 Å². The molecule has 7 heteroatoms. The molecule has 1 aromatic carbocycles. The highest BCUT2D eigenvalue weighted by atomic mass is 127. The Balaban J connectivity index is 0.00000261. The Kier molecular flexibility index (Phi) is 8.34. The number of aliphatic imine (C=N–C) groups is 1. The molecule has 0 aliphatic carbocycles. The molecular formula is C20H30IN5S. The maximum absolute atomic E-state index is 4.67. The van der Waals surface area contributed by atoms with E-state index < -0.39 is 0 Å². The molecule has 1 aliphatic heterocycles. The lowest BCUT2D eigenvalue weighted by Crippen LogP contribution is -2.44. The molecule has 2 heterocycles. The molecule has 1 unspecified atom stereocenters. The normalized spacial score (nSPS) is 17.1. The van der Waals surface area contributed by atoms with E-state index >= 15 is 0 Å². The predicted molar refractivity (Wildman–Crippen MR) is 127 cm³/mol. The van der Waals surface area contributed by atoms with Crippen LogP contribution in [0.5, 0.6) is 0 Å². The molecule has 2 N–H and O–H groups in total. The fourth-order valence-corrected chi connectivity index (χ4v) is 3.93. The number of nitrogens with zero attached hydrogens (tertiary/aromatic N) is 3. The van der Waals surface area contributed by atoms with Gasteiger partial charge >= 0.3 is 0 Å². The first kappa shape index (κ1) is 21.9. The minimum atomic E-state index is 0. The van der Waals surface area contributed by atoms with E-state index in [1.807, 2.05) is 7.05 Å². The minimum absolute atomic E-state index is 0. The second kappa shape index (κ2) is 10.3. The first-order valence-corrected chi connectivity index (χ1v) is 10.2. The van der Waals surface area contributed by atoms with Crippen molar-refractivity contribution >= 4 is 47.0 Å². The summed E-state index contributed by atoms with van der Waals surface area (Å²) >= 11 is 1.73. The fourth-order valence-electron chi connectivity index (χ4n) is 3.10. The first-order valence-electron chi connectivity index (χ1n) is 9.28. The zero-order valence-corrected chi connectivity index (χ0v) is 19.7. The minimum Gasteiger partial charge on any atom is -0.369 e. The van der Waals surface area contributed by atoms with Gasteiger partial charge in [0.2, 0.25) is 0 Å². The average molecular weight is 499 g/mol. The standard InChI is InChI=1S/C20H29N5S.HI/c1-14(2)19-23-17(13-26-19)11-22-20(21-4)24-16-9-10-25(12-16)18-7-5-15(3)6-8-18;/h5-8,13-14,16H,9-12H2,1-4H3,(H2,21,22,24);1H. The molecule has 0 saturated carbocycles. The lowest BCUT2D eigenvalue weighted by atomic mass is 10.2. The smallest absolute Gasteiger partial charge is 0.191 e. The lowest BCUT2D eigenvalue weighted by molar-refractivity contribution is 0.647. The molecule has 5 nitrogen and oxygen atoms in total. The van der Waals surface area contributed by atoms with Crippen LogP contribution in [0.25, 0.3) is 0 Å². The van der Waals surface area contributed by atoms with Gasteiger partial charge in [-0.3, -0.25) is 4.99 Å². The van der Waals surface area contributed by atoms with Crippen molar-refractivity contribution in [2.45, 2.75) is 45.7 Å². The van der Waals surface area contributed by atoms with E-state index in [-0.39, 0.29) is 24.0 Å². The molecule has 1 aromatic heterocycles. The molecule has 0 bridgehead atoms. The van der Waals surface area contributed by atoms with Crippen molar-refractivity contribution in [2.75, 3.05) is 25.0 Å². The molecule has 3 rings (SSSR count). The Morgan fingerprint density at radius 3 is 2.70 bits per heavy atom. The van der Waals surface area contributed by atoms with Crippen LogP contribution in [-0.2, 0) is 6.54 Å². The molecule has 0 radical (unpaired) electrons. The van der Waals surface area contributed by atoms with E-state index in [1.165, 1.54) is 16.3 Å². The first-order chi connectivity index (χ1) is 12.5. The number of guanidine groups is 1. The summed E-state index contributed by atoms with van der Waals surface area (Å²) in [7, 11) is 1.82. The van der Waals surface area contributed by atoms with Crippen LogP contribution in [0.4, 0.5) is 5.69 Å². The Hall–Kier alpha value is -1.35. The van der Waals surface area contributed by atoms with Crippen LogP contribution < -0.4 is 15.5 Å². The molecule has 27 heavy (non-hydrogen) atoms. The van der Waals surface area contributed by atoms with Crippen LogP contribution in [0, 0.1) is 6.92 Å². The summed E-state index contributed by atoms with van der Waals surface area (Å²) in [6.45, 7) is 9.25. The largest absolute Gasteiger partial charge is 0.369 e. The fraction of sp³-hybridized carbons (Fsp3) is 0.500. The molecule has 1 fully saturated rings. The summed E-state index contributed by atoms with van der Waals surface area (Å²) in [6.07, 6.45) is 1.11. The van der Waals surface area contributed by atoms with Crippen molar-refractivity contribution < 1.29 is 0 Å². The van der Waals surface area contributed by atoms with Crippen LogP contribution in [0.1, 0.15) is 42.5 Å². The van der Waals surface area contributed by atoms with Crippen molar-refractivity contribution in [3.8, 4) is 0 Å². The van der Waals surface area contributed by atoms with Crippen molar-refractivity contribution in [2.24, 2.45) is 4.99 Å². The Labute approximate surface area is 183 Å². The van der Waals surface area contributed by atoms with Gasteiger partial charge in [0, 0.05) is 43.2 Å². The van der Waals surface area contributed by atoms with Crippen LogP contribution in [0.2, 0.25) is 0 Å². The summed E-state index contributed by atoms with van der Waals surface area (Å²) in [6, 6.07) is 9.17. The summed E-state index contributed by atoms with van der Waals surface area (Å²) in [5.41, 5.74) is 3.68. The third-order valence-electron chi connectivity index (χ3n) is 4.65. The number of aryl methyl sites for hydroxylation is 1. The lowest BCUT2D eigenvalue weighted by Gasteiger charge is -2.20. The number of rotatable bonds is 5. The molecule has 0 spiro atoms. The zero-order valence-electron chi connectivity index (χ0n) is 16.5. The number of benzene rings is 1. The van der Waals surface area contributed by atoms with Gasteiger partial charge < -0.3 is 15.5 Å². The van der Waals surface area contributed by atoms with Gasteiger partial charge in [0.15, 0.2) is 5.96 Å². The van der Waals surface area contributed by atoms with Crippen LogP contribution >= 0.6 is 35.3 Å². The van der Waals surface area contributed by atoms with E-state index in [2.05, 4.69) is 75.9 Å².